The van der Waals surface area contributed by atoms with Gasteiger partial charge in [-0.25, -0.2) is 29.9 Å². The maximum absolute atomic E-state index is 6.73. The van der Waals surface area contributed by atoms with Crippen LogP contribution in [0, 0.1) is 0 Å². The lowest BCUT2D eigenvalue weighted by Gasteiger charge is -2.21. The minimum absolute atomic E-state index is 0.367. The average molecular weight is 1740 g/mol. The largest absolute Gasteiger partial charge is 0.436 e. The van der Waals surface area contributed by atoms with E-state index in [1.54, 1.807) is 11.3 Å². The van der Waals surface area contributed by atoms with Crippen LogP contribution in [0.5, 0.6) is 0 Å². The molecule has 14 heteroatoms. The number of para-hydroxylation sites is 2. The quantitative estimate of drug-likeness (QED) is 0.149. The van der Waals surface area contributed by atoms with Crippen molar-refractivity contribution < 1.29 is 4.42 Å². The molecule has 29 aromatic rings. The fourth-order valence-corrected chi connectivity index (χ4v) is 26.0. The summed E-state index contributed by atoms with van der Waals surface area (Å²) in [6.45, 7) is 4.59. The number of thiophene rings is 4. The Morgan fingerprint density at radius 3 is 1.24 bits per heavy atom. The van der Waals surface area contributed by atoms with Crippen molar-refractivity contribution in [2.75, 3.05) is 0 Å². The van der Waals surface area contributed by atoms with Gasteiger partial charge in [0.2, 0.25) is 5.71 Å². The van der Waals surface area contributed by atoms with E-state index < -0.39 is 0 Å². The molecule has 1 aliphatic rings. The van der Waals surface area contributed by atoms with Gasteiger partial charge >= 0.3 is 0 Å². The predicted octanol–water partition coefficient (Wildman–Crippen LogP) is 32.8. The monoisotopic (exact) mass is 1740 g/mol. The molecule has 1 aliphatic carbocycles. The van der Waals surface area contributed by atoms with Gasteiger partial charge in [0.1, 0.15) is 38.5 Å². The molecule has 0 radical (unpaired) electrons. The third-order valence-corrected chi connectivity index (χ3v) is 32.4. The van der Waals surface area contributed by atoms with E-state index >= 15 is 0 Å². The highest BCUT2D eigenvalue weighted by Gasteiger charge is 2.40. The van der Waals surface area contributed by atoms with Crippen molar-refractivity contribution in [2.24, 2.45) is 0 Å². The Balaban J connectivity index is 0.556. The molecular formula is C117H65N9OS4. The first kappa shape index (κ1) is 72.1. The number of furan rings is 1. The Labute approximate surface area is 761 Å². The van der Waals surface area contributed by atoms with E-state index in [1.165, 1.54) is 87.6 Å². The summed E-state index contributed by atoms with van der Waals surface area (Å²) in [6, 6.07) is 132. The molecule has 131 heavy (non-hydrogen) atoms. The van der Waals surface area contributed by atoms with Gasteiger partial charge in [-0.3, -0.25) is 13.7 Å². The lowest BCUT2D eigenvalue weighted by Crippen LogP contribution is -2.18. The molecule has 0 spiro atoms. The van der Waals surface area contributed by atoms with Gasteiger partial charge in [-0.1, -0.05) is 232 Å². The second-order valence-corrected chi connectivity index (χ2v) is 39.8. The molecule has 0 amide bonds. The van der Waals surface area contributed by atoms with Gasteiger partial charge in [0, 0.05) is 136 Å². The Morgan fingerprint density at radius 2 is 0.618 bits per heavy atom. The lowest BCUT2D eigenvalue weighted by molar-refractivity contribution is 0.635. The Morgan fingerprint density at radius 1 is 0.237 bits per heavy atom. The van der Waals surface area contributed by atoms with E-state index in [0.717, 1.165) is 187 Å². The molecule has 608 valence electrons. The van der Waals surface area contributed by atoms with E-state index in [4.69, 9.17) is 34.3 Å². The number of benzene rings is 18. The predicted molar refractivity (Wildman–Crippen MR) is 552 cm³/mol. The van der Waals surface area contributed by atoms with Crippen LogP contribution in [0.2, 0.25) is 0 Å². The number of rotatable bonds is 8. The summed E-state index contributed by atoms with van der Waals surface area (Å²) < 4.78 is 22.3. The summed E-state index contributed by atoms with van der Waals surface area (Å²) in [5, 5.41) is 23.1. The van der Waals surface area contributed by atoms with Gasteiger partial charge in [-0.05, 0) is 200 Å². The van der Waals surface area contributed by atoms with Crippen molar-refractivity contribution in [3.05, 3.63) is 369 Å². The van der Waals surface area contributed by atoms with Crippen molar-refractivity contribution in [1.29, 1.82) is 0 Å². The van der Waals surface area contributed by atoms with E-state index in [9.17, 15) is 0 Å². The van der Waals surface area contributed by atoms with Crippen molar-refractivity contribution in [3.63, 3.8) is 0 Å². The molecule has 0 aliphatic heterocycles. The molecule has 0 N–H and O–H groups in total. The number of hydrogen-bond donors (Lipinski definition) is 0. The average Bonchev–Trinajstić information content (AvgIpc) is 1.29. The van der Waals surface area contributed by atoms with Crippen LogP contribution in [0.15, 0.2) is 362 Å². The summed E-state index contributed by atoms with van der Waals surface area (Å²) in [4.78, 5) is 35.6. The van der Waals surface area contributed by atoms with Gasteiger partial charge in [0.15, 0.2) is 17.5 Å². The van der Waals surface area contributed by atoms with E-state index in [0.29, 0.717) is 22.7 Å². The minimum Gasteiger partial charge on any atom is -0.436 e. The van der Waals surface area contributed by atoms with Crippen molar-refractivity contribution in [1.82, 2.24) is 43.6 Å². The van der Waals surface area contributed by atoms with Crippen LogP contribution in [-0.2, 0) is 5.41 Å². The van der Waals surface area contributed by atoms with Gasteiger partial charge in [-0.15, -0.1) is 45.3 Å². The van der Waals surface area contributed by atoms with Crippen LogP contribution >= 0.6 is 45.3 Å². The molecule has 0 unspecified atom stereocenters. The number of aromatic nitrogens is 9. The second kappa shape index (κ2) is 26.6. The molecule has 11 heterocycles. The summed E-state index contributed by atoms with van der Waals surface area (Å²) in [6.07, 6.45) is 0. The van der Waals surface area contributed by atoms with Crippen LogP contribution in [0.1, 0.15) is 25.1 Å². The molecule has 11 aromatic heterocycles. The zero-order valence-corrected chi connectivity index (χ0v) is 73.4. The molecule has 0 atom stereocenters. The van der Waals surface area contributed by atoms with E-state index in [1.807, 2.05) is 46.1 Å². The normalized spacial score (nSPS) is 13.0. The van der Waals surface area contributed by atoms with Gasteiger partial charge < -0.3 is 4.42 Å². The highest BCUT2D eigenvalue weighted by atomic mass is 32.1. The first-order valence-electron chi connectivity index (χ1n) is 44.2. The van der Waals surface area contributed by atoms with Crippen molar-refractivity contribution in [3.8, 4) is 84.7 Å². The van der Waals surface area contributed by atoms with Crippen LogP contribution < -0.4 is 0 Å². The zero-order valence-electron chi connectivity index (χ0n) is 70.1. The molecule has 30 rings (SSSR count). The molecule has 0 bridgehead atoms. The first-order chi connectivity index (χ1) is 64.6. The Kier molecular flexibility index (Phi) is 14.7. The summed E-state index contributed by atoms with van der Waals surface area (Å²) >= 11 is 7.18. The molecule has 0 saturated heterocycles. The second-order valence-electron chi connectivity index (χ2n) is 35.6. The highest BCUT2D eigenvalue weighted by molar-refractivity contribution is 7.27. The minimum atomic E-state index is -0.367. The van der Waals surface area contributed by atoms with Crippen LogP contribution in [0.3, 0.4) is 0 Å². The smallest absolute Gasteiger partial charge is 0.247 e. The number of nitrogens with zero attached hydrogens (tertiary/aromatic N) is 9. The van der Waals surface area contributed by atoms with Crippen molar-refractivity contribution in [2.45, 2.75) is 19.3 Å². The fourth-order valence-electron chi connectivity index (χ4n) is 21.7. The molecule has 0 fully saturated rings. The lowest BCUT2D eigenvalue weighted by atomic mass is 9.85. The third-order valence-electron chi connectivity index (χ3n) is 28.0. The zero-order chi connectivity index (χ0) is 85.5. The summed E-state index contributed by atoms with van der Waals surface area (Å²) in [5.74, 6) is 2.33. The van der Waals surface area contributed by atoms with Crippen LogP contribution in [0.25, 0.3) is 286 Å². The van der Waals surface area contributed by atoms with Gasteiger partial charge in [-0.2, -0.15) is 0 Å². The van der Waals surface area contributed by atoms with E-state index in [-0.39, 0.29) is 5.41 Å². The van der Waals surface area contributed by atoms with Crippen LogP contribution in [-0.4, -0.2) is 43.6 Å². The van der Waals surface area contributed by atoms with Gasteiger partial charge in [0.05, 0.1) is 44.5 Å². The van der Waals surface area contributed by atoms with Crippen LogP contribution in [0.4, 0.5) is 0 Å². The number of hydrogen-bond acceptors (Lipinski definition) is 11. The van der Waals surface area contributed by atoms with Crippen molar-refractivity contribution >= 4 is 246 Å². The molecule has 0 saturated carbocycles. The highest BCUT2D eigenvalue weighted by Crippen LogP contribution is 2.53. The first-order valence-corrected chi connectivity index (χ1v) is 47.5. The maximum atomic E-state index is 6.73. The number of fused-ring (bicyclic) bond motifs is 30. The SMILES string of the molecule is CC1(C)c2ccccc2-c2nc(-n3c4ccc(-c5ccc6c(c5)sc5ccc(-c7nc8oc9ccccc9c8nc7-n7c8ccc(-c9ccc%10sc%11ccc(-c%12nc%13sc%14ccccc%14c%13nc%12-n%12c%13ccccc%13c%13cc%14ccccc%14cc%13%12)cc%11c%10c9)cc8c8cc9ccccc9cc87)cc56)cc4c4cc5ccccc5cc43)c(-c3ccc4c(c3)sc3ccccc34)nc21. The van der Waals surface area contributed by atoms with E-state index in [2.05, 4.69) is 373 Å². The standard InChI is InChI=1S/C117H65N9OS4/c1-117(2)90-30-14-9-27-79(90)108-111(117)118-105(74-36-43-77-76-26-12-17-33-98(76)129-104(77)61-74)112(119-108)125-92-45-38-69(53-84(92)86-51-64-21-4-7-23-66(64)58-95(86)125)71-35-42-78-87-55-72(40-47-100(87)130-103(78)60-71)106-113(120-109-80-28-11-16-32-97(80)127-115(109)122-106)126-93-44-37-68(52-83(93)85-50-63-20-5-8-24-67(63)59-96(85)126)70-39-46-101-88(54-70)89-56-73(41-48-102(89)128-101)107-114(121-110-81-29-13-18-34-99(81)131-116(110)123-107)124-91-31-15-10-25-75(91)82-49-62-19-3-6-22-65(62)57-94(82)124/h3-61H,1-2H3. The maximum Gasteiger partial charge on any atom is 0.247 e. The summed E-state index contributed by atoms with van der Waals surface area (Å²) in [5.41, 5.74) is 23.0. The molecule has 10 nitrogen and oxygen atoms in total. The third kappa shape index (κ3) is 10.4. The van der Waals surface area contributed by atoms with Gasteiger partial charge in [0.25, 0.3) is 0 Å². The Hall–Kier alpha value is -15.9. The fraction of sp³-hybridized carbons (Fsp3) is 0.0256. The summed E-state index contributed by atoms with van der Waals surface area (Å²) in [7, 11) is 0. The molecular weight excluding hydrogens is 1680 g/mol. The molecule has 18 aromatic carbocycles. The Bertz CT molecular complexity index is 10200. The topological polar surface area (TPSA) is 105 Å².